The summed E-state index contributed by atoms with van der Waals surface area (Å²) in [5, 5.41) is 6.32. The summed E-state index contributed by atoms with van der Waals surface area (Å²) in [6.07, 6.45) is 1.49. The summed E-state index contributed by atoms with van der Waals surface area (Å²) in [5.41, 5.74) is 3.05. The van der Waals surface area contributed by atoms with Crippen molar-refractivity contribution in [2.24, 2.45) is 5.10 Å². The van der Waals surface area contributed by atoms with E-state index in [9.17, 15) is 9.59 Å². The Morgan fingerprint density at radius 2 is 1.91 bits per heavy atom. The van der Waals surface area contributed by atoms with E-state index in [2.05, 4.69) is 20.7 Å². The molecule has 22 heavy (non-hydrogen) atoms. The molecular weight excluding hydrogens is 284 g/mol. The van der Waals surface area contributed by atoms with Crippen molar-refractivity contribution >= 4 is 18.0 Å². The van der Waals surface area contributed by atoms with Gasteiger partial charge in [-0.2, -0.15) is 5.10 Å². The third-order valence-electron chi connectivity index (χ3n) is 3.20. The highest BCUT2D eigenvalue weighted by atomic mass is 16.5. The molecule has 7 nitrogen and oxygen atoms in total. The van der Waals surface area contributed by atoms with Crippen LogP contribution in [0, 0.1) is 0 Å². The number of benzene rings is 1. The Kier molecular flexibility index (Phi) is 6.53. The number of amides is 2. The first-order chi connectivity index (χ1) is 10.8. The van der Waals surface area contributed by atoms with Crippen LogP contribution < -0.4 is 10.7 Å². The largest absolute Gasteiger partial charge is 0.379 e. The highest BCUT2D eigenvalue weighted by Crippen LogP contribution is 1.95. The Morgan fingerprint density at radius 3 is 2.64 bits per heavy atom. The Morgan fingerprint density at radius 1 is 1.18 bits per heavy atom. The van der Waals surface area contributed by atoms with Crippen LogP contribution in [0.5, 0.6) is 0 Å². The zero-order valence-electron chi connectivity index (χ0n) is 12.3. The van der Waals surface area contributed by atoms with Crippen LogP contribution in [0.4, 0.5) is 0 Å². The van der Waals surface area contributed by atoms with Crippen LogP contribution in [0.3, 0.4) is 0 Å². The molecule has 0 aromatic heterocycles. The molecule has 0 spiro atoms. The number of hydrogen-bond acceptors (Lipinski definition) is 5. The van der Waals surface area contributed by atoms with Crippen molar-refractivity contribution in [2.45, 2.75) is 0 Å². The van der Waals surface area contributed by atoms with Gasteiger partial charge in [0.2, 0.25) is 0 Å². The number of morpholine rings is 1. The average Bonchev–Trinajstić information content (AvgIpc) is 2.56. The van der Waals surface area contributed by atoms with Gasteiger partial charge in [0.1, 0.15) is 0 Å². The second-order valence-corrected chi connectivity index (χ2v) is 4.82. The molecule has 1 fully saturated rings. The smallest absolute Gasteiger partial charge is 0.329 e. The van der Waals surface area contributed by atoms with Crippen LogP contribution in [0.25, 0.3) is 0 Å². The molecule has 0 bridgehead atoms. The fraction of sp³-hybridized carbons (Fsp3) is 0.400. The standard InChI is InChI=1S/C15H20N4O3/c20-14(16-6-7-19-8-10-22-11-9-19)15(21)18-17-12-13-4-2-1-3-5-13/h1-5,12H,6-11H2,(H,16,20)(H,18,21)/b17-12-. The fourth-order valence-corrected chi connectivity index (χ4v) is 1.99. The SMILES string of the molecule is O=C(NCCN1CCOCC1)C(=O)N/N=C\c1ccccc1. The second kappa shape index (κ2) is 8.91. The molecule has 2 N–H and O–H groups in total. The molecule has 1 aliphatic rings. The lowest BCUT2D eigenvalue weighted by atomic mass is 10.2. The monoisotopic (exact) mass is 304 g/mol. The van der Waals surface area contributed by atoms with Crippen molar-refractivity contribution in [2.75, 3.05) is 39.4 Å². The van der Waals surface area contributed by atoms with Gasteiger partial charge in [-0.15, -0.1) is 0 Å². The average molecular weight is 304 g/mol. The summed E-state index contributed by atoms with van der Waals surface area (Å²) in [6.45, 7) is 4.25. The highest BCUT2D eigenvalue weighted by molar-refractivity contribution is 6.35. The molecule has 1 aliphatic heterocycles. The van der Waals surface area contributed by atoms with Gasteiger partial charge in [0.15, 0.2) is 0 Å². The quantitative estimate of drug-likeness (QED) is 0.440. The Bertz CT molecular complexity index is 513. The molecule has 0 unspecified atom stereocenters. The van der Waals surface area contributed by atoms with Gasteiger partial charge >= 0.3 is 11.8 Å². The van der Waals surface area contributed by atoms with Crippen molar-refractivity contribution in [3.63, 3.8) is 0 Å². The molecule has 7 heteroatoms. The number of hydrogen-bond donors (Lipinski definition) is 2. The second-order valence-electron chi connectivity index (χ2n) is 4.82. The summed E-state index contributed by atoms with van der Waals surface area (Å²) >= 11 is 0. The summed E-state index contributed by atoms with van der Waals surface area (Å²) < 4.78 is 5.24. The predicted molar refractivity (Wildman–Crippen MR) is 82.4 cm³/mol. The molecule has 1 saturated heterocycles. The third-order valence-corrected chi connectivity index (χ3v) is 3.20. The van der Waals surface area contributed by atoms with Crippen molar-refractivity contribution in [3.8, 4) is 0 Å². The molecule has 2 amide bonds. The van der Waals surface area contributed by atoms with Crippen molar-refractivity contribution < 1.29 is 14.3 Å². The van der Waals surface area contributed by atoms with E-state index in [0.29, 0.717) is 26.3 Å². The van der Waals surface area contributed by atoms with Crippen molar-refractivity contribution in [1.82, 2.24) is 15.6 Å². The minimum Gasteiger partial charge on any atom is -0.379 e. The number of carbonyl (C=O) groups excluding carboxylic acids is 2. The van der Waals surface area contributed by atoms with Gasteiger partial charge in [0.25, 0.3) is 0 Å². The highest BCUT2D eigenvalue weighted by Gasteiger charge is 2.14. The van der Waals surface area contributed by atoms with E-state index in [4.69, 9.17) is 4.74 Å². The van der Waals surface area contributed by atoms with Crippen molar-refractivity contribution in [1.29, 1.82) is 0 Å². The minimum absolute atomic E-state index is 0.425. The van der Waals surface area contributed by atoms with Gasteiger partial charge in [-0.3, -0.25) is 14.5 Å². The molecule has 1 aromatic rings. The van der Waals surface area contributed by atoms with Crippen LogP contribution in [-0.2, 0) is 14.3 Å². The number of nitrogens with zero attached hydrogens (tertiary/aromatic N) is 2. The molecule has 118 valence electrons. The molecule has 0 saturated carbocycles. The first-order valence-corrected chi connectivity index (χ1v) is 7.22. The van der Waals surface area contributed by atoms with Gasteiger partial charge in [0.05, 0.1) is 19.4 Å². The predicted octanol–water partition coefficient (Wildman–Crippen LogP) is -0.415. The van der Waals surface area contributed by atoms with Gasteiger partial charge in [-0.25, -0.2) is 5.43 Å². The first kappa shape index (κ1) is 16.1. The van der Waals surface area contributed by atoms with Crippen molar-refractivity contribution in [3.05, 3.63) is 35.9 Å². The summed E-state index contributed by atoms with van der Waals surface area (Å²) in [5.74, 6) is -1.45. The maximum atomic E-state index is 11.6. The fourth-order valence-electron chi connectivity index (χ4n) is 1.99. The van der Waals surface area contributed by atoms with Crippen LogP contribution in [0.2, 0.25) is 0 Å². The molecule has 1 aromatic carbocycles. The Hall–Kier alpha value is -2.25. The molecular formula is C15H20N4O3. The van der Waals surface area contributed by atoms with Crippen LogP contribution >= 0.6 is 0 Å². The molecule has 2 rings (SSSR count). The lowest BCUT2D eigenvalue weighted by Crippen LogP contribution is -2.44. The number of rotatable bonds is 5. The van der Waals surface area contributed by atoms with E-state index in [1.54, 1.807) is 0 Å². The maximum absolute atomic E-state index is 11.6. The molecule has 0 aliphatic carbocycles. The number of nitrogens with one attached hydrogen (secondary N) is 2. The first-order valence-electron chi connectivity index (χ1n) is 7.22. The van der Waals surface area contributed by atoms with Crippen LogP contribution in [0.15, 0.2) is 35.4 Å². The van der Waals surface area contributed by atoms with Crippen LogP contribution in [-0.4, -0.2) is 62.3 Å². The van der Waals surface area contributed by atoms with Gasteiger partial charge in [-0.05, 0) is 5.56 Å². The zero-order valence-corrected chi connectivity index (χ0v) is 12.3. The molecule has 1 heterocycles. The minimum atomic E-state index is -0.769. The summed E-state index contributed by atoms with van der Waals surface area (Å²) in [7, 11) is 0. The van der Waals surface area contributed by atoms with Crippen LogP contribution in [0.1, 0.15) is 5.56 Å². The Balaban J connectivity index is 1.64. The van der Waals surface area contributed by atoms with E-state index in [1.807, 2.05) is 30.3 Å². The molecule has 0 radical (unpaired) electrons. The summed E-state index contributed by atoms with van der Waals surface area (Å²) in [6, 6.07) is 9.30. The van der Waals surface area contributed by atoms with E-state index < -0.39 is 11.8 Å². The number of ether oxygens (including phenoxy) is 1. The number of hydrazone groups is 1. The lowest BCUT2D eigenvalue weighted by Gasteiger charge is -2.26. The van der Waals surface area contributed by atoms with E-state index in [-0.39, 0.29) is 0 Å². The van der Waals surface area contributed by atoms with E-state index in [1.165, 1.54) is 6.21 Å². The van der Waals surface area contributed by atoms with Gasteiger partial charge in [0, 0.05) is 26.2 Å². The van der Waals surface area contributed by atoms with Gasteiger partial charge < -0.3 is 10.1 Å². The normalized spacial score (nSPS) is 15.6. The number of carbonyl (C=O) groups is 2. The summed E-state index contributed by atoms with van der Waals surface area (Å²) in [4.78, 5) is 25.3. The topological polar surface area (TPSA) is 83.0 Å². The molecule has 0 atom stereocenters. The van der Waals surface area contributed by atoms with E-state index in [0.717, 1.165) is 18.7 Å². The van der Waals surface area contributed by atoms with E-state index >= 15 is 0 Å². The zero-order chi connectivity index (χ0) is 15.6. The maximum Gasteiger partial charge on any atom is 0.329 e. The third kappa shape index (κ3) is 5.63. The Labute approximate surface area is 129 Å². The van der Waals surface area contributed by atoms with Gasteiger partial charge in [-0.1, -0.05) is 30.3 Å². The lowest BCUT2D eigenvalue weighted by molar-refractivity contribution is -0.139.